The normalized spacial score (nSPS) is 10.3. The Labute approximate surface area is 113 Å². The molecule has 0 unspecified atom stereocenters. The van der Waals surface area contributed by atoms with Crippen LogP contribution in [0.5, 0.6) is 0 Å². The Balaban J connectivity index is 2.33. The number of rotatable bonds is 3. The minimum atomic E-state index is -0.244. The number of benzene rings is 2. The van der Waals surface area contributed by atoms with Crippen molar-refractivity contribution < 1.29 is 4.39 Å². The van der Waals surface area contributed by atoms with Crippen molar-refractivity contribution in [1.82, 2.24) is 0 Å². The number of nitrogen functional groups attached to an aromatic ring is 1. The molecule has 2 rings (SSSR count). The van der Waals surface area contributed by atoms with Crippen molar-refractivity contribution in [3.05, 3.63) is 69.4 Å². The molecular formula is C14H12BrFN2. The smallest absolute Gasteiger partial charge is 0.123 e. The molecule has 92 valence electrons. The van der Waals surface area contributed by atoms with Crippen LogP contribution < -0.4 is 5.73 Å². The van der Waals surface area contributed by atoms with Crippen LogP contribution in [-0.2, 0) is 6.42 Å². The fraction of sp³-hybridized carbons (Fsp3) is 0.0714. The van der Waals surface area contributed by atoms with E-state index in [1.807, 2.05) is 18.2 Å². The maximum atomic E-state index is 13.1. The predicted molar refractivity (Wildman–Crippen MR) is 74.4 cm³/mol. The highest BCUT2D eigenvalue weighted by atomic mass is 79.9. The van der Waals surface area contributed by atoms with Crippen LogP contribution in [0, 0.1) is 11.2 Å². The Morgan fingerprint density at radius 2 is 2.00 bits per heavy atom. The van der Waals surface area contributed by atoms with Gasteiger partial charge in [0.05, 0.1) is 0 Å². The molecule has 0 spiro atoms. The molecule has 3 N–H and O–H groups in total. The van der Waals surface area contributed by atoms with E-state index < -0.39 is 0 Å². The lowest BCUT2D eigenvalue weighted by Gasteiger charge is -2.07. The third-order valence-corrected chi connectivity index (χ3v) is 3.41. The van der Waals surface area contributed by atoms with E-state index >= 15 is 0 Å². The van der Waals surface area contributed by atoms with Crippen molar-refractivity contribution in [2.45, 2.75) is 6.42 Å². The Morgan fingerprint density at radius 1 is 1.22 bits per heavy atom. The molecule has 0 aliphatic carbocycles. The zero-order valence-electron chi connectivity index (χ0n) is 9.58. The van der Waals surface area contributed by atoms with Gasteiger partial charge in [-0.2, -0.15) is 0 Å². The summed E-state index contributed by atoms with van der Waals surface area (Å²) in [5.74, 6) is -0.214. The van der Waals surface area contributed by atoms with Crippen LogP contribution in [0.1, 0.15) is 16.7 Å². The zero-order chi connectivity index (χ0) is 13.1. The summed E-state index contributed by atoms with van der Waals surface area (Å²) in [4.78, 5) is 0. The molecule has 0 atom stereocenters. The van der Waals surface area contributed by atoms with Gasteiger partial charge in [0.25, 0.3) is 0 Å². The lowest BCUT2D eigenvalue weighted by molar-refractivity contribution is 0.626. The van der Waals surface area contributed by atoms with Crippen molar-refractivity contribution in [1.29, 1.82) is 5.41 Å². The first-order chi connectivity index (χ1) is 8.56. The zero-order valence-corrected chi connectivity index (χ0v) is 11.2. The summed E-state index contributed by atoms with van der Waals surface area (Å²) < 4.78 is 14.0. The van der Waals surface area contributed by atoms with E-state index in [1.165, 1.54) is 12.1 Å². The van der Waals surface area contributed by atoms with Gasteiger partial charge in [-0.25, -0.2) is 4.39 Å². The standard InChI is InChI=1S/C14H12BrFN2/c15-13-5-4-10(14(17)18)8-11(13)6-9-2-1-3-12(16)7-9/h1-5,7-8H,6H2,(H3,17,18). The molecule has 0 saturated carbocycles. The molecule has 2 aromatic rings. The van der Waals surface area contributed by atoms with Gasteiger partial charge in [-0.05, 0) is 41.8 Å². The van der Waals surface area contributed by atoms with E-state index in [0.717, 1.165) is 15.6 Å². The van der Waals surface area contributed by atoms with Crippen LogP contribution in [0.2, 0.25) is 0 Å². The molecule has 0 amide bonds. The third-order valence-electron chi connectivity index (χ3n) is 2.64. The summed E-state index contributed by atoms with van der Waals surface area (Å²) in [5, 5.41) is 7.42. The second-order valence-electron chi connectivity index (χ2n) is 4.03. The number of nitrogens with two attached hydrogens (primary N) is 1. The van der Waals surface area contributed by atoms with Gasteiger partial charge in [0.15, 0.2) is 0 Å². The van der Waals surface area contributed by atoms with Gasteiger partial charge in [0, 0.05) is 10.0 Å². The van der Waals surface area contributed by atoms with Crippen LogP contribution in [0.4, 0.5) is 4.39 Å². The van der Waals surface area contributed by atoms with Gasteiger partial charge in [-0.1, -0.05) is 34.1 Å². The molecule has 4 heteroatoms. The number of halogens is 2. The molecule has 0 heterocycles. The van der Waals surface area contributed by atoms with E-state index in [4.69, 9.17) is 11.1 Å². The summed E-state index contributed by atoms with van der Waals surface area (Å²) in [6.45, 7) is 0. The van der Waals surface area contributed by atoms with E-state index in [9.17, 15) is 4.39 Å². The number of hydrogen-bond donors (Lipinski definition) is 2. The van der Waals surface area contributed by atoms with Crippen molar-refractivity contribution in [3.8, 4) is 0 Å². The highest BCUT2D eigenvalue weighted by Gasteiger charge is 2.05. The van der Waals surface area contributed by atoms with Crippen molar-refractivity contribution in [2.75, 3.05) is 0 Å². The van der Waals surface area contributed by atoms with Crippen molar-refractivity contribution >= 4 is 21.8 Å². The maximum absolute atomic E-state index is 13.1. The van der Waals surface area contributed by atoms with Crippen LogP contribution >= 0.6 is 15.9 Å². The second kappa shape index (κ2) is 5.31. The summed E-state index contributed by atoms with van der Waals surface area (Å²) >= 11 is 3.45. The third kappa shape index (κ3) is 2.96. The van der Waals surface area contributed by atoms with E-state index in [0.29, 0.717) is 12.0 Å². The fourth-order valence-electron chi connectivity index (χ4n) is 1.74. The monoisotopic (exact) mass is 306 g/mol. The van der Waals surface area contributed by atoms with Gasteiger partial charge in [-0.3, -0.25) is 5.41 Å². The molecule has 2 nitrogen and oxygen atoms in total. The quantitative estimate of drug-likeness (QED) is 0.662. The van der Waals surface area contributed by atoms with Crippen LogP contribution in [-0.4, -0.2) is 5.84 Å². The molecule has 2 aromatic carbocycles. The van der Waals surface area contributed by atoms with Gasteiger partial charge in [0.1, 0.15) is 11.7 Å². The lowest BCUT2D eigenvalue weighted by atomic mass is 10.0. The molecule has 0 bridgehead atoms. The van der Waals surface area contributed by atoms with Crippen molar-refractivity contribution in [2.24, 2.45) is 5.73 Å². The van der Waals surface area contributed by atoms with Gasteiger partial charge in [0.2, 0.25) is 0 Å². The molecule has 0 fully saturated rings. The minimum Gasteiger partial charge on any atom is -0.384 e. The first-order valence-corrected chi connectivity index (χ1v) is 6.23. The lowest BCUT2D eigenvalue weighted by Crippen LogP contribution is -2.11. The number of amidine groups is 1. The first-order valence-electron chi connectivity index (χ1n) is 5.43. The summed E-state index contributed by atoms with van der Waals surface area (Å²) in [7, 11) is 0. The Bertz CT molecular complexity index is 596. The largest absolute Gasteiger partial charge is 0.384 e. The maximum Gasteiger partial charge on any atom is 0.123 e. The highest BCUT2D eigenvalue weighted by molar-refractivity contribution is 9.10. The van der Waals surface area contributed by atoms with E-state index in [2.05, 4.69) is 15.9 Å². The van der Waals surface area contributed by atoms with Gasteiger partial charge >= 0.3 is 0 Å². The topological polar surface area (TPSA) is 49.9 Å². The Kier molecular flexibility index (Phi) is 3.77. The Morgan fingerprint density at radius 3 is 2.67 bits per heavy atom. The molecule has 0 aliphatic heterocycles. The molecule has 0 saturated heterocycles. The van der Waals surface area contributed by atoms with E-state index in [1.54, 1.807) is 12.1 Å². The summed E-state index contributed by atoms with van der Waals surface area (Å²) in [6.07, 6.45) is 0.597. The SMILES string of the molecule is N=C(N)c1ccc(Br)c(Cc2cccc(F)c2)c1. The van der Waals surface area contributed by atoms with Crippen LogP contribution in [0.25, 0.3) is 0 Å². The van der Waals surface area contributed by atoms with Crippen LogP contribution in [0.3, 0.4) is 0 Å². The first kappa shape index (κ1) is 12.8. The summed E-state index contributed by atoms with van der Waals surface area (Å²) in [6, 6.07) is 12.0. The Hall–Kier alpha value is -1.68. The fourth-order valence-corrected chi connectivity index (χ4v) is 2.13. The average molecular weight is 307 g/mol. The second-order valence-corrected chi connectivity index (χ2v) is 4.88. The highest BCUT2D eigenvalue weighted by Crippen LogP contribution is 2.21. The molecule has 0 aromatic heterocycles. The minimum absolute atomic E-state index is 0.0305. The van der Waals surface area contributed by atoms with E-state index in [-0.39, 0.29) is 11.7 Å². The van der Waals surface area contributed by atoms with Gasteiger partial charge in [-0.15, -0.1) is 0 Å². The molecule has 18 heavy (non-hydrogen) atoms. The molecular weight excluding hydrogens is 295 g/mol. The van der Waals surface area contributed by atoms with Crippen LogP contribution in [0.15, 0.2) is 46.9 Å². The number of nitrogens with one attached hydrogen (secondary N) is 1. The molecule has 0 aliphatic rings. The summed E-state index contributed by atoms with van der Waals surface area (Å²) in [5.41, 5.74) is 7.99. The van der Waals surface area contributed by atoms with Gasteiger partial charge < -0.3 is 5.73 Å². The number of hydrogen-bond acceptors (Lipinski definition) is 1. The van der Waals surface area contributed by atoms with Crippen molar-refractivity contribution in [3.63, 3.8) is 0 Å². The average Bonchev–Trinajstić information content (AvgIpc) is 2.31. The predicted octanol–water partition coefficient (Wildman–Crippen LogP) is 3.46. The molecule has 0 radical (unpaired) electrons.